The minimum absolute atomic E-state index is 0.110. The van der Waals surface area contributed by atoms with Crippen molar-refractivity contribution in [3.05, 3.63) is 80.9 Å². The van der Waals surface area contributed by atoms with E-state index in [1.807, 2.05) is 54.6 Å². The Kier molecular flexibility index (Phi) is 7.22. The van der Waals surface area contributed by atoms with E-state index in [-0.39, 0.29) is 13.2 Å². The summed E-state index contributed by atoms with van der Waals surface area (Å²) in [6, 6.07) is 17.4. The molecule has 2 aromatic carbocycles. The molecule has 0 heterocycles. The zero-order valence-corrected chi connectivity index (χ0v) is 14.9. The van der Waals surface area contributed by atoms with E-state index >= 15 is 0 Å². The highest BCUT2D eigenvalue weighted by Crippen LogP contribution is 2.39. The lowest BCUT2D eigenvalue weighted by atomic mass is 9.82. The van der Waals surface area contributed by atoms with Crippen LogP contribution in [0.25, 0.3) is 0 Å². The lowest BCUT2D eigenvalue weighted by molar-refractivity contribution is -0.758. The molecule has 25 heavy (non-hydrogen) atoms. The number of benzene rings is 2. The van der Waals surface area contributed by atoms with Gasteiger partial charge >= 0.3 is 0 Å². The summed E-state index contributed by atoms with van der Waals surface area (Å²) in [6.45, 7) is 2.12. The first kappa shape index (κ1) is 19.2. The number of ether oxygens (including phenoxy) is 1. The first-order chi connectivity index (χ1) is 12.1. The normalized spacial score (nSPS) is 13.2. The average molecular weight is 364 g/mol. The Morgan fingerprint density at radius 2 is 1.68 bits per heavy atom. The molecule has 0 aliphatic rings. The van der Waals surface area contributed by atoms with Crippen LogP contribution in [0, 0.1) is 10.1 Å². The molecule has 0 fully saturated rings. The fraction of sp³-hybridized carbons (Fsp3) is 0.368. The van der Waals surface area contributed by atoms with Crippen LogP contribution in [0.15, 0.2) is 54.6 Å². The predicted molar refractivity (Wildman–Crippen MR) is 97.1 cm³/mol. The molecular formula is C19H22ClNO4. The minimum Gasteiger partial charge on any atom is -0.364 e. The average Bonchev–Trinajstić information content (AvgIpc) is 2.63. The van der Waals surface area contributed by atoms with Gasteiger partial charge in [-0.15, -0.1) is 10.1 Å². The van der Waals surface area contributed by atoms with E-state index in [2.05, 4.69) is 11.8 Å². The Morgan fingerprint density at radius 3 is 2.28 bits per heavy atom. The Balaban J connectivity index is 2.38. The molecule has 0 aromatic heterocycles. The summed E-state index contributed by atoms with van der Waals surface area (Å²) in [7, 11) is 0. The molecule has 0 amide bonds. The zero-order chi connectivity index (χ0) is 18.1. The Hall–Kier alpha value is -2.11. The Bertz CT molecular complexity index is 663. The van der Waals surface area contributed by atoms with Crippen molar-refractivity contribution in [1.29, 1.82) is 0 Å². The smallest absolute Gasteiger partial charge is 0.294 e. The van der Waals surface area contributed by atoms with E-state index < -0.39 is 10.7 Å². The molecule has 6 heteroatoms. The van der Waals surface area contributed by atoms with Gasteiger partial charge in [-0.2, -0.15) is 0 Å². The summed E-state index contributed by atoms with van der Waals surface area (Å²) in [5, 5.41) is 10.2. The number of halogens is 1. The van der Waals surface area contributed by atoms with E-state index in [0.29, 0.717) is 5.02 Å². The first-order valence-corrected chi connectivity index (χ1v) is 8.69. The molecule has 0 saturated carbocycles. The molecule has 1 atom stereocenters. The summed E-state index contributed by atoms with van der Waals surface area (Å²) in [4.78, 5) is 14.8. The molecule has 0 spiro atoms. The molecule has 0 radical (unpaired) electrons. The fourth-order valence-electron chi connectivity index (χ4n) is 2.87. The molecule has 134 valence electrons. The highest BCUT2D eigenvalue weighted by Gasteiger charge is 2.34. The van der Waals surface area contributed by atoms with Crippen LogP contribution in [0.1, 0.15) is 37.3 Å². The van der Waals surface area contributed by atoms with Gasteiger partial charge in [-0.3, -0.25) is 0 Å². The molecule has 1 unspecified atom stereocenters. The van der Waals surface area contributed by atoms with Crippen LogP contribution >= 0.6 is 11.6 Å². The van der Waals surface area contributed by atoms with Gasteiger partial charge in [-0.1, -0.05) is 73.8 Å². The molecule has 0 bridgehead atoms. The van der Waals surface area contributed by atoms with Crippen LogP contribution in [-0.4, -0.2) is 18.3 Å². The van der Waals surface area contributed by atoms with E-state index in [4.69, 9.17) is 16.3 Å². The van der Waals surface area contributed by atoms with Gasteiger partial charge in [-0.25, -0.2) is 0 Å². The Morgan fingerprint density at radius 1 is 1.04 bits per heavy atom. The lowest BCUT2D eigenvalue weighted by Crippen LogP contribution is -2.33. The van der Waals surface area contributed by atoms with Crippen LogP contribution in [0.5, 0.6) is 0 Å². The number of rotatable bonds is 10. The van der Waals surface area contributed by atoms with Gasteiger partial charge in [0.25, 0.3) is 5.09 Å². The third-order valence-corrected chi connectivity index (χ3v) is 4.31. The van der Waals surface area contributed by atoms with Crippen LogP contribution in [0.2, 0.25) is 5.02 Å². The van der Waals surface area contributed by atoms with Crippen molar-refractivity contribution in [2.24, 2.45) is 0 Å². The zero-order valence-electron chi connectivity index (χ0n) is 14.2. The van der Waals surface area contributed by atoms with Gasteiger partial charge < -0.3 is 9.57 Å². The van der Waals surface area contributed by atoms with Crippen molar-refractivity contribution in [2.75, 3.05) is 13.2 Å². The van der Waals surface area contributed by atoms with Gasteiger partial charge in [0.05, 0.1) is 6.61 Å². The van der Waals surface area contributed by atoms with Gasteiger partial charge in [-0.05, 0) is 29.7 Å². The minimum atomic E-state index is -0.804. The second-order valence-electron chi connectivity index (χ2n) is 5.71. The third-order valence-electron chi connectivity index (χ3n) is 4.06. The van der Waals surface area contributed by atoms with Crippen LogP contribution < -0.4 is 0 Å². The van der Waals surface area contributed by atoms with E-state index in [1.165, 1.54) is 0 Å². The molecule has 0 saturated heterocycles. The highest BCUT2D eigenvalue weighted by molar-refractivity contribution is 6.30. The van der Waals surface area contributed by atoms with Crippen molar-refractivity contribution in [3.63, 3.8) is 0 Å². The number of hydrogen-bond acceptors (Lipinski definition) is 4. The fourth-order valence-corrected chi connectivity index (χ4v) is 3.00. The van der Waals surface area contributed by atoms with E-state index in [0.717, 1.165) is 30.4 Å². The maximum atomic E-state index is 10.4. The molecule has 2 aromatic rings. The largest absolute Gasteiger partial charge is 0.364 e. The lowest BCUT2D eigenvalue weighted by Gasteiger charge is -2.35. The van der Waals surface area contributed by atoms with Gasteiger partial charge in [0.2, 0.25) is 0 Å². The molecule has 0 aliphatic carbocycles. The van der Waals surface area contributed by atoms with Crippen molar-refractivity contribution in [1.82, 2.24) is 0 Å². The molecule has 0 N–H and O–H groups in total. The summed E-state index contributed by atoms with van der Waals surface area (Å²) in [5.74, 6) is 0. The topological polar surface area (TPSA) is 61.6 Å². The van der Waals surface area contributed by atoms with E-state index in [1.54, 1.807) is 0 Å². The molecule has 0 aliphatic heterocycles. The van der Waals surface area contributed by atoms with E-state index in [9.17, 15) is 10.1 Å². The van der Waals surface area contributed by atoms with Crippen LogP contribution in [-0.2, 0) is 15.2 Å². The number of unbranched alkanes of at least 4 members (excludes halogenated alkanes) is 1. The first-order valence-electron chi connectivity index (χ1n) is 8.31. The summed E-state index contributed by atoms with van der Waals surface area (Å²) >= 11 is 6.04. The van der Waals surface area contributed by atoms with Crippen molar-refractivity contribution in [3.8, 4) is 0 Å². The van der Waals surface area contributed by atoms with Gasteiger partial charge in [0.1, 0.15) is 12.2 Å². The SMILES string of the molecule is CCCCC(OCCO[N+](=O)[O-])(c1ccccc1)c1ccc(Cl)cc1. The summed E-state index contributed by atoms with van der Waals surface area (Å²) in [5.41, 5.74) is 1.28. The maximum Gasteiger partial charge on any atom is 0.294 e. The molecule has 2 rings (SSSR count). The number of nitrogens with zero attached hydrogens (tertiary/aromatic N) is 1. The van der Waals surface area contributed by atoms with Crippen molar-refractivity contribution < 1.29 is 14.7 Å². The van der Waals surface area contributed by atoms with Crippen LogP contribution in [0.3, 0.4) is 0 Å². The number of hydrogen-bond donors (Lipinski definition) is 0. The quantitative estimate of drug-likeness (QED) is 0.338. The van der Waals surface area contributed by atoms with Crippen molar-refractivity contribution in [2.45, 2.75) is 31.8 Å². The summed E-state index contributed by atoms with van der Waals surface area (Å²) in [6.07, 6.45) is 2.72. The molecular weight excluding hydrogens is 342 g/mol. The standard InChI is InChI=1S/C19H22ClNO4/c1-2-3-13-19(16-7-5-4-6-8-16,24-14-15-25-21(22)23)17-9-11-18(20)12-10-17/h4-12H,2-3,13-15H2,1H3. The predicted octanol–water partition coefficient (Wildman–Crippen LogP) is 5.00. The third kappa shape index (κ3) is 5.18. The molecule has 5 nitrogen and oxygen atoms in total. The second-order valence-corrected chi connectivity index (χ2v) is 6.15. The van der Waals surface area contributed by atoms with Gasteiger partial charge in [0.15, 0.2) is 0 Å². The Labute approximate surface area is 152 Å². The van der Waals surface area contributed by atoms with Crippen molar-refractivity contribution >= 4 is 11.6 Å². The van der Waals surface area contributed by atoms with Crippen LogP contribution in [0.4, 0.5) is 0 Å². The highest BCUT2D eigenvalue weighted by atomic mass is 35.5. The maximum absolute atomic E-state index is 10.4. The van der Waals surface area contributed by atoms with Gasteiger partial charge in [0, 0.05) is 5.02 Å². The summed E-state index contributed by atoms with van der Waals surface area (Å²) < 4.78 is 6.22. The second kappa shape index (κ2) is 9.39. The monoisotopic (exact) mass is 363 g/mol.